The molecule has 0 unspecified atom stereocenters. The van der Waals surface area contributed by atoms with E-state index in [0.29, 0.717) is 11.8 Å². The maximum absolute atomic E-state index is 12.9. The molecular weight excluding hydrogens is 183 g/mol. The van der Waals surface area contributed by atoms with Gasteiger partial charge in [0.1, 0.15) is 17.2 Å². The molecule has 0 aliphatic rings. The lowest BCUT2D eigenvalue weighted by Gasteiger charge is -2.22. The minimum absolute atomic E-state index is 0.285. The monoisotopic (exact) mass is 196 g/mol. The molecule has 0 spiro atoms. The van der Waals surface area contributed by atoms with Gasteiger partial charge in [-0.25, -0.2) is 4.39 Å². The van der Waals surface area contributed by atoms with Crippen LogP contribution in [-0.2, 0) is 0 Å². The molecule has 0 radical (unpaired) electrons. The van der Waals surface area contributed by atoms with Gasteiger partial charge in [0.05, 0.1) is 5.56 Å². The number of benzene rings is 1. The summed E-state index contributed by atoms with van der Waals surface area (Å²) in [7, 11) is 0. The van der Waals surface area contributed by atoms with Crippen molar-refractivity contribution in [3.8, 4) is 5.75 Å². The van der Waals surface area contributed by atoms with E-state index in [2.05, 4.69) is 0 Å². The molecule has 1 aromatic carbocycles. The largest absolute Gasteiger partial charge is 0.487 e. The van der Waals surface area contributed by atoms with E-state index in [-0.39, 0.29) is 5.75 Å². The van der Waals surface area contributed by atoms with Crippen LogP contribution in [0.2, 0.25) is 0 Å². The Balaban J connectivity index is 3.05. The highest BCUT2D eigenvalue weighted by Crippen LogP contribution is 2.22. The van der Waals surface area contributed by atoms with E-state index in [0.717, 1.165) is 0 Å². The summed E-state index contributed by atoms with van der Waals surface area (Å²) in [5.74, 6) is -0.123. The molecule has 0 heterocycles. The lowest BCUT2D eigenvalue weighted by Crippen LogP contribution is -2.23. The molecule has 2 nitrogen and oxygen atoms in total. The Bertz CT molecular complexity index is 340. The topological polar surface area (TPSA) is 26.3 Å². The number of carbonyl (C=O) groups excluding carboxylic acids is 1. The summed E-state index contributed by atoms with van der Waals surface area (Å²) >= 11 is 0. The number of hydrogen-bond acceptors (Lipinski definition) is 2. The number of aldehydes is 1. The Morgan fingerprint density at radius 1 is 1.36 bits per heavy atom. The molecular formula is C11H13FO2. The van der Waals surface area contributed by atoms with Gasteiger partial charge in [-0.3, -0.25) is 4.79 Å². The fourth-order valence-corrected chi connectivity index (χ4v) is 1.02. The minimum atomic E-state index is -0.439. The van der Waals surface area contributed by atoms with Crippen molar-refractivity contribution in [2.75, 3.05) is 0 Å². The van der Waals surface area contributed by atoms with E-state index in [9.17, 15) is 9.18 Å². The average Bonchev–Trinajstić information content (AvgIpc) is 2.01. The molecule has 0 saturated carbocycles. The van der Waals surface area contributed by atoms with Crippen LogP contribution in [-0.4, -0.2) is 11.9 Å². The summed E-state index contributed by atoms with van der Waals surface area (Å²) < 4.78 is 18.3. The molecule has 0 atom stereocenters. The van der Waals surface area contributed by atoms with Gasteiger partial charge in [-0.15, -0.1) is 0 Å². The first-order valence-electron chi connectivity index (χ1n) is 4.36. The van der Waals surface area contributed by atoms with Crippen LogP contribution in [0.1, 0.15) is 31.1 Å². The zero-order valence-electron chi connectivity index (χ0n) is 8.50. The summed E-state index contributed by atoms with van der Waals surface area (Å²) in [6, 6.07) is 3.86. The molecule has 0 aliphatic carbocycles. The van der Waals surface area contributed by atoms with Gasteiger partial charge in [-0.2, -0.15) is 0 Å². The Hall–Kier alpha value is -1.38. The molecule has 14 heavy (non-hydrogen) atoms. The van der Waals surface area contributed by atoms with Crippen LogP contribution in [0.15, 0.2) is 18.2 Å². The van der Waals surface area contributed by atoms with Crippen molar-refractivity contribution >= 4 is 6.29 Å². The molecule has 0 fully saturated rings. The first-order chi connectivity index (χ1) is 6.42. The molecule has 0 N–H and O–H groups in total. The third-order valence-electron chi connectivity index (χ3n) is 1.52. The van der Waals surface area contributed by atoms with Crippen LogP contribution in [0.3, 0.4) is 0 Å². The van der Waals surface area contributed by atoms with Crippen molar-refractivity contribution in [3.63, 3.8) is 0 Å². The van der Waals surface area contributed by atoms with E-state index in [1.165, 1.54) is 18.2 Å². The molecule has 1 aromatic rings. The van der Waals surface area contributed by atoms with Crippen LogP contribution in [0.4, 0.5) is 4.39 Å². The normalized spacial score (nSPS) is 11.1. The molecule has 0 saturated heterocycles. The molecule has 0 aliphatic heterocycles. The van der Waals surface area contributed by atoms with Crippen LogP contribution in [0.25, 0.3) is 0 Å². The van der Waals surface area contributed by atoms with Gasteiger partial charge in [0.25, 0.3) is 0 Å². The van der Waals surface area contributed by atoms with Crippen molar-refractivity contribution in [2.45, 2.75) is 26.4 Å². The van der Waals surface area contributed by atoms with Crippen molar-refractivity contribution in [2.24, 2.45) is 0 Å². The van der Waals surface area contributed by atoms with Gasteiger partial charge >= 0.3 is 0 Å². The second-order valence-corrected chi connectivity index (χ2v) is 4.01. The van der Waals surface area contributed by atoms with Gasteiger partial charge < -0.3 is 4.74 Å². The Kier molecular flexibility index (Phi) is 2.89. The smallest absolute Gasteiger partial charge is 0.153 e. The van der Waals surface area contributed by atoms with Gasteiger partial charge in [0.2, 0.25) is 0 Å². The third kappa shape index (κ3) is 2.83. The van der Waals surface area contributed by atoms with Crippen molar-refractivity contribution in [1.82, 2.24) is 0 Å². The maximum Gasteiger partial charge on any atom is 0.153 e. The highest BCUT2D eigenvalue weighted by molar-refractivity contribution is 5.79. The van der Waals surface area contributed by atoms with E-state index in [1.807, 2.05) is 20.8 Å². The lowest BCUT2D eigenvalue weighted by atomic mass is 10.1. The molecule has 0 aromatic heterocycles. The number of halogens is 1. The summed E-state index contributed by atoms with van der Waals surface area (Å²) in [5.41, 5.74) is -0.0766. The fourth-order valence-electron chi connectivity index (χ4n) is 1.02. The highest BCUT2D eigenvalue weighted by Gasteiger charge is 2.14. The second kappa shape index (κ2) is 3.78. The highest BCUT2D eigenvalue weighted by atomic mass is 19.1. The zero-order valence-corrected chi connectivity index (χ0v) is 8.50. The van der Waals surface area contributed by atoms with Gasteiger partial charge in [0, 0.05) is 6.07 Å². The summed E-state index contributed by atoms with van der Waals surface area (Å²) in [4.78, 5) is 10.6. The van der Waals surface area contributed by atoms with Crippen LogP contribution in [0, 0.1) is 5.82 Å². The molecule has 0 bridgehead atoms. The Labute approximate surface area is 82.7 Å². The van der Waals surface area contributed by atoms with E-state index in [1.54, 1.807) is 0 Å². The predicted octanol–water partition coefficient (Wildman–Crippen LogP) is 2.82. The van der Waals surface area contributed by atoms with E-state index in [4.69, 9.17) is 4.74 Å². The fraction of sp³-hybridized carbons (Fsp3) is 0.364. The number of ether oxygens (including phenoxy) is 1. The summed E-state index contributed by atoms with van der Waals surface area (Å²) in [6.45, 7) is 5.52. The Morgan fingerprint density at radius 2 is 2.00 bits per heavy atom. The SMILES string of the molecule is CC(C)(C)Oc1cc(F)ccc1C=O. The standard InChI is InChI=1S/C11H13FO2/c1-11(2,3)14-10-6-9(12)5-4-8(10)7-13/h4-7H,1-3H3. The van der Waals surface area contributed by atoms with Gasteiger partial charge in [-0.1, -0.05) is 0 Å². The van der Waals surface area contributed by atoms with Crippen molar-refractivity contribution in [3.05, 3.63) is 29.6 Å². The molecule has 1 rings (SSSR count). The van der Waals surface area contributed by atoms with Crippen LogP contribution in [0.5, 0.6) is 5.75 Å². The van der Waals surface area contributed by atoms with Gasteiger partial charge in [0.15, 0.2) is 6.29 Å². The predicted molar refractivity (Wildman–Crippen MR) is 52.2 cm³/mol. The minimum Gasteiger partial charge on any atom is -0.487 e. The van der Waals surface area contributed by atoms with Gasteiger partial charge in [-0.05, 0) is 32.9 Å². The second-order valence-electron chi connectivity index (χ2n) is 4.01. The van der Waals surface area contributed by atoms with E-state index >= 15 is 0 Å². The van der Waals surface area contributed by atoms with Crippen molar-refractivity contribution in [1.29, 1.82) is 0 Å². The first-order valence-corrected chi connectivity index (χ1v) is 4.36. The first kappa shape index (κ1) is 10.7. The zero-order chi connectivity index (χ0) is 10.8. The third-order valence-corrected chi connectivity index (χ3v) is 1.52. The molecule has 76 valence electrons. The average molecular weight is 196 g/mol. The van der Waals surface area contributed by atoms with E-state index < -0.39 is 11.4 Å². The van der Waals surface area contributed by atoms with Crippen LogP contribution < -0.4 is 4.74 Å². The molecule has 0 amide bonds. The number of carbonyl (C=O) groups is 1. The maximum atomic E-state index is 12.9. The summed E-state index contributed by atoms with van der Waals surface area (Å²) in [6.07, 6.45) is 0.653. The quantitative estimate of drug-likeness (QED) is 0.680. The molecule has 3 heteroatoms. The number of rotatable bonds is 2. The van der Waals surface area contributed by atoms with Crippen molar-refractivity contribution < 1.29 is 13.9 Å². The Morgan fingerprint density at radius 3 is 2.50 bits per heavy atom. The van der Waals surface area contributed by atoms with Crippen LogP contribution >= 0.6 is 0 Å². The lowest BCUT2D eigenvalue weighted by molar-refractivity contribution is 0.109. The number of hydrogen-bond donors (Lipinski definition) is 0. The summed E-state index contributed by atoms with van der Waals surface area (Å²) in [5, 5.41) is 0.